The van der Waals surface area contributed by atoms with Crippen LogP contribution in [0.5, 0.6) is 0 Å². The number of hydrogen-bond acceptors (Lipinski definition) is 3. The molecule has 1 fully saturated rings. The highest BCUT2D eigenvalue weighted by molar-refractivity contribution is 5.76. The summed E-state index contributed by atoms with van der Waals surface area (Å²) < 4.78 is 0. The van der Waals surface area contributed by atoms with Crippen LogP contribution in [0.4, 0.5) is 0 Å². The van der Waals surface area contributed by atoms with E-state index in [1.165, 1.54) is 0 Å². The van der Waals surface area contributed by atoms with Gasteiger partial charge in [-0.3, -0.25) is 9.59 Å². The van der Waals surface area contributed by atoms with E-state index in [-0.39, 0.29) is 12.3 Å². The van der Waals surface area contributed by atoms with Gasteiger partial charge in [-0.15, -0.1) is 0 Å². The van der Waals surface area contributed by atoms with Crippen molar-refractivity contribution in [3.63, 3.8) is 0 Å². The molecule has 2 N–H and O–H groups in total. The first-order valence-corrected chi connectivity index (χ1v) is 6.71. The molecule has 0 aliphatic carbocycles. The Hall–Kier alpha value is -1.10. The molecule has 18 heavy (non-hydrogen) atoms. The van der Waals surface area contributed by atoms with E-state index in [1.807, 2.05) is 0 Å². The van der Waals surface area contributed by atoms with Gasteiger partial charge in [-0.05, 0) is 39.2 Å². The molecule has 1 heterocycles. The Morgan fingerprint density at radius 2 is 2.11 bits per heavy atom. The van der Waals surface area contributed by atoms with Crippen molar-refractivity contribution in [2.45, 2.75) is 45.6 Å². The fraction of sp³-hybridized carbons (Fsp3) is 0.846. The summed E-state index contributed by atoms with van der Waals surface area (Å²) in [7, 11) is 0. The number of nitrogens with zero attached hydrogens (tertiary/aromatic N) is 1. The van der Waals surface area contributed by atoms with Crippen molar-refractivity contribution in [2.24, 2.45) is 5.92 Å². The Bertz CT molecular complexity index is 292. The molecule has 1 unspecified atom stereocenters. The molecule has 5 nitrogen and oxygen atoms in total. The van der Waals surface area contributed by atoms with Gasteiger partial charge in [-0.1, -0.05) is 0 Å². The predicted molar refractivity (Wildman–Crippen MR) is 69.3 cm³/mol. The van der Waals surface area contributed by atoms with Gasteiger partial charge in [0.25, 0.3) is 0 Å². The van der Waals surface area contributed by atoms with Crippen molar-refractivity contribution >= 4 is 11.9 Å². The molecule has 1 rings (SSSR count). The summed E-state index contributed by atoms with van der Waals surface area (Å²) in [6, 6.07) is 0.571. The second-order valence-electron chi connectivity index (χ2n) is 5.29. The number of aliphatic carboxylic acids is 1. The highest BCUT2D eigenvalue weighted by atomic mass is 16.4. The minimum Gasteiger partial charge on any atom is -0.481 e. The Morgan fingerprint density at radius 1 is 1.39 bits per heavy atom. The summed E-state index contributed by atoms with van der Waals surface area (Å²) >= 11 is 0. The largest absolute Gasteiger partial charge is 0.481 e. The highest BCUT2D eigenvalue weighted by Gasteiger charge is 2.24. The average Bonchev–Trinajstić information content (AvgIpc) is 2.74. The normalized spacial score (nSPS) is 20.3. The van der Waals surface area contributed by atoms with Gasteiger partial charge in [0.2, 0.25) is 5.91 Å². The molecule has 0 bridgehead atoms. The van der Waals surface area contributed by atoms with Crippen LogP contribution in [-0.4, -0.2) is 47.6 Å². The second kappa shape index (κ2) is 7.36. The lowest BCUT2D eigenvalue weighted by Crippen LogP contribution is -2.32. The topological polar surface area (TPSA) is 69.6 Å². The third-order valence-electron chi connectivity index (χ3n) is 3.43. The number of rotatable bonds is 7. The fourth-order valence-corrected chi connectivity index (χ4v) is 2.24. The molecule has 0 radical (unpaired) electrons. The maximum absolute atomic E-state index is 11.5. The third kappa shape index (κ3) is 5.49. The Kier molecular flexibility index (Phi) is 6.12. The van der Waals surface area contributed by atoms with Gasteiger partial charge >= 0.3 is 5.97 Å². The van der Waals surface area contributed by atoms with E-state index in [0.29, 0.717) is 24.8 Å². The summed E-state index contributed by atoms with van der Waals surface area (Å²) in [5.41, 5.74) is 0. The summed E-state index contributed by atoms with van der Waals surface area (Å²) in [6.07, 6.45) is 1.93. The standard InChI is InChI=1S/C13H24N2O3/c1-10(2)15-7-6-11(9-15)8-14-12(16)4-3-5-13(17)18/h10-11H,3-9H2,1-2H3,(H,14,16)(H,17,18). The zero-order valence-corrected chi connectivity index (χ0v) is 11.3. The first-order chi connectivity index (χ1) is 8.49. The minimum atomic E-state index is -0.842. The molecule has 1 aliphatic rings. The Labute approximate surface area is 109 Å². The quantitative estimate of drug-likeness (QED) is 0.715. The number of likely N-dealkylation sites (tertiary alicyclic amines) is 1. The molecule has 0 aromatic carbocycles. The van der Waals surface area contributed by atoms with Gasteiger partial charge in [0, 0.05) is 32.0 Å². The fourth-order valence-electron chi connectivity index (χ4n) is 2.24. The van der Waals surface area contributed by atoms with Gasteiger partial charge < -0.3 is 15.3 Å². The number of nitrogens with one attached hydrogen (secondary N) is 1. The minimum absolute atomic E-state index is 0.0285. The molecule has 1 saturated heterocycles. The lowest BCUT2D eigenvalue weighted by atomic mass is 10.1. The van der Waals surface area contributed by atoms with Crippen molar-refractivity contribution in [2.75, 3.05) is 19.6 Å². The maximum atomic E-state index is 11.5. The van der Waals surface area contributed by atoms with Crippen LogP contribution < -0.4 is 5.32 Å². The van der Waals surface area contributed by atoms with Crippen LogP contribution >= 0.6 is 0 Å². The van der Waals surface area contributed by atoms with E-state index in [2.05, 4.69) is 24.1 Å². The summed E-state index contributed by atoms with van der Waals surface area (Å²) in [5.74, 6) is -0.332. The molecular weight excluding hydrogens is 232 g/mol. The number of carboxylic acid groups (broad SMARTS) is 1. The van der Waals surface area contributed by atoms with E-state index in [4.69, 9.17) is 5.11 Å². The van der Waals surface area contributed by atoms with Crippen LogP contribution in [0, 0.1) is 5.92 Å². The molecule has 0 aromatic heterocycles. The molecule has 1 aliphatic heterocycles. The number of carboxylic acids is 1. The van der Waals surface area contributed by atoms with Gasteiger partial charge in [0.1, 0.15) is 0 Å². The lowest BCUT2D eigenvalue weighted by Gasteiger charge is -2.20. The lowest BCUT2D eigenvalue weighted by molar-refractivity contribution is -0.137. The van der Waals surface area contributed by atoms with Crippen LogP contribution in [-0.2, 0) is 9.59 Å². The van der Waals surface area contributed by atoms with Crippen LogP contribution in [0.15, 0.2) is 0 Å². The van der Waals surface area contributed by atoms with Gasteiger partial charge in [0.15, 0.2) is 0 Å². The van der Waals surface area contributed by atoms with Crippen LogP contribution in [0.1, 0.15) is 39.5 Å². The van der Waals surface area contributed by atoms with E-state index in [0.717, 1.165) is 26.1 Å². The van der Waals surface area contributed by atoms with E-state index >= 15 is 0 Å². The van der Waals surface area contributed by atoms with Crippen molar-refractivity contribution in [3.05, 3.63) is 0 Å². The molecule has 1 atom stereocenters. The maximum Gasteiger partial charge on any atom is 0.303 e. The molecular formula is C13H24N2O3. The van der Waals surface area contributed by atoms with Gasteiger partial charge in [-0.2, -0.15) is 0 Å². The second-order valence-corrected chi connectivity index (χ2v) is 5.29. The number of carbonyl (C=O) groups is 2. The Morgan fingerprint density at radius 3 is 2.67 bits per heavy atom. The monoisotopic (exact) mass is 256 g/mol. The number of amides is 1. The summed E-state index contributed by atoms with van der Waals surface area (Å²) in [4.78, 5) is 24.2. The van der Waals surface area contributed by atoms with Gasteiger partial charge in [-0.25, -0.2) is 0 Å². The molecule has 104 valence electrons. The number of carbonyl (C=O) groups excluding carboxylic acids is 1. The average molecular weight is 256 g/mol. The zero-order chi connectivity index (χ0) is 13.5. The first-order valence-electron chi connectivity index (χ1n) is 6.71. The highest BCUT2D eigenvalue weighted by Crippen LogP contribution is 2.17. The number of hydrogen-bond donors (Lipinski definition) is 2. The van der Waals surface area contributed by atoms with Crippen LogP contribution in [0.2, 0.25) is 0 Å². The molecule has 0 spiro atoms. The molecule has 5 heteroatoms. The zero-order valence-electron chi connectivity index (χ0n) is 11.3. The van der Waals surface area contributed by atoms with E-state index < -0.39 is 5.97 Å². The van der Waals surface area contributed by atoms with Gasteiger partial charge in [0.05, 0.1) is 0 Å². The predicted octanol–water partition coefficient (Wildman–Crippen LogP) is 1.09. The van der Waals surface area contributed by atoms with E-state index in [9.17, 15) is 9.59 Å². The van der Waals surface area contributed by atoms with Crippen LogP contribution in [0.3, 0.4) is 0 Å². The van der Waals surface area contributed by atoms with Crippen molar-refractivity contribution in [1.82, 2.24) is 10.2 Å². The molecule has 0 saturated carbocycles. The van der Waals surface area contributed by atoms with Crippen molar-refractivity contribution in [1.29, 1.82) is 0 Å². The SMILES string of the molecule is CC(C)N1CCC(CNC(=O)CCCC(=O)O)C1. The first kappa shape index (κ1) is 15.0. The van der Waals surface area contributed by atoms with Crippen LogP contribution in [0.25, 0.3) is 0 Å². The van der Waals surface area contributed by atoms with Crippen molar-refractivity contribution in [3.8, 4) is 0 Å². The van der Waals surface area contributed by atoms with E-state index in [1.54, 1.807) is 0 Å². The summed E-state index contributed by atoms with van der Waals surface area (Å²) in [6.45, 7) is 7.25. The molecule has 0 aromatic rings. The molecule has 1 amide bonds. The smallest absolute Gasteiger partial charge is 0.303 e. The summed E-state index contributed by atoms with van der Waals surface area (Å²) in [5, 5.41) is 11.4. The Balaban J connectivity index is 2.10. The van der Waals surface area contributed by atoms with Crippen molar-refractivity contribution < 1.29 is 14.7 Å². The third-order valence-corrected chi connectivity index (χ3v) is 3.43.